The molecule has 0 aliphatic rings. The molecular formula is C8H5FN2O3. The summed E-state index contributed by atoms with van der Waals surface area (Å²) in [7, 11) is 1.21. The molecule has 0 fully saturated rings. The lowest BCUT2D eigenvalue weighted by atomic mass is 10.2. The van der Waals surface area contributed by atoms with Crippen LogP contribution in [0.2, 0.25) is 0 Å². The Morgan fingerprint density at radius 3 is 2.71 bits per heavy atom. The van der Waals surface area contributed by atoms with Gasteiger partial charge in [-0.3, -0.25) is 10.1 Å². The van der Waals surface area contributed by atoms with Gasteiger partial charge in [-0.1, -0.05) is 0 Å². The second-order valence-corrected chi connectivity index (χ2v) is 2.37. The number of rotatable bonds is 2. The third-order valence-corrected chi connectivity index (χ3v) is 1.59. The SMILES string of the molecule is COc1cc(C#N)c([N+](=O)[O-])cc1F. The van der Waals surface area contributed by atoms with E-state index < -0.39 is 16.4 Å². The predicted molar refractivity (Wildman–Crippen MR) is 44.3 cm³/mol. The van der Waals surface area contributed by atoms with Crippen LogP contribution in [0.1, 0.15) is 5.56 Å². The lowest BCUT2D eigenvalue weighted by Crippen LogP contribution is -1.96. The first kappa shape index (κ1) is 9.92. The molecule has 0 heterocycles. The van der Waals surface area contributed by atoms with Crippen molar-refractivity contribution in [1.29, 1.82) is 5.26 Å². The molecule has 1 rings (SSSR count). The number of nitro groups is 1. The Bertz CT molecular complexity index is 425. The van der Waals surface area contributed by atoms with Crippen LogP contribution in [0.4, 0.5) is 10.1 Å². The summed E-state index contributed by atoms with van der Waals surface area (Å²) in [4.78, 5) is 9.56. The van der Waals surface area contributed by atoms with E-state index in [1.54, 1.807) is 6.07 Å². The van der Waals surface area contributed by atoms with Gasteiger partial charge in [0.1, 0.15) is 11.6 Å². The first-order valence-electron chi connectivity index (χ1n) is 3.52. The number of nitrogens with zero attached hydrogens (tertiary/aromatic N) is 2. The topological polar surface area (TPSA) is 76.2 Å². The average Bonchev–Trinajstić information content (AvgIpc) is 2.17. The van der Waals surface area contributed by atoms with Crippen LogP contribution < -0.4 is 4.74 Å². The summed E-state index contributed by atoms with van der Waals surface area (Å²) in [5.74, 6) is -1.05. The third-order valence-electron chi connectivity index (χ3n) is 1.59. The number of ether oxygens (including phenoxy) is 1. The highest BCUT2D eigenvalue weighted by Crippen LogP contribution is 2.26. The van der Waals surface area contributed by atoms with Crippen molar-refractivity contribution in [3.05, 3.63) is 33.6 Å². The third kappa shape index (κ3) is 1.61. The molecule has 0 aliphatic heterocycles. The number of hydrogen-bond donors (Lipinski definition) is 0. The number of nitriles is 1. The highest BCUT2D eigenvalue weighted by Gasteiger charge is 2.18. The number of nitro benzene ring substituents is 1. The van der Waals surface area contributed by atoms with Crippen LogP contribution in [-0.2, 0) is 0 Å². The number of hydrogen-bond acceptors (Lipinski definition) is 4. The van der Waals surface area contributed by atoms with E-state index >= 15 is 0 Å². The lowest BCUT2D eigenvalue weighted by molar-refractivity contribution is -0.385. The van der Waals surface area contributed by atoms with E-state index in [4.69, 9.17) is 5.26 Å². The van der Waals surface area contributed by atoms with Crippen LogP contribution in [0.5, 0.6) is 5.75 Å². The Labute approximate surface area is 78.5 Å². The van der Waals surface area contributed by atoms with Crippen LogP contribution in [0.25, 0.3) is 0 Å². The van der Waals surface area contributed by atoms with Crippen LogP contribution in [0.3, 0.4) is 0 Å². The molecule has 0 saturated carbocycles. The Kier molecular flexibility index (Phi) is 2.62. The lowest BCUT2D eigenvalue weighted by Gasteiger charge is -2.01. The summed E-state index contributed by atoms with van der Waals surface area (Å²) in [6.07, 6.45) is 0. The average molecular weight is 196 g/mol. The zero-order valence-electron chi connectivity index (χ0n) is 7.15. The van der Waals surface area contributed by atoms with Crippen molar-refractivity contribution < 1.29 is 14.1 Å². The minimum absolute atomic E-state index is 0.188. The molecule has 6 heteroatoms. The molecule has 0 radical (unpaired) electrons. The van der Waals surface area contributed by atoms with E-state index in [2.05, 4.69) is 4.74 Å². The second-order valence-electron chi connectivity index (χ2n) is 2.37. The molecule has 0 amide bonds. The number of methoxy groups -OCH3 is 1. The maximum atomic E-state index is 13.0. The van der Waals surface area contributed by atoms with Crippen LogP contribution in [0.15, 0.2) is 12.1 Å². The molecule has 72 valence electrons. The molecule has 14 heavy (non-hydrogen) atoms. The van der Waals surface area contributed by atoms with Crippen molar-refractivity contribution in [2.45, 2.75) is 0 Å². The van der Waals surface area contributed by atoms with Crippen molar-refractivity contribution >= 4 is 5.69 Å². The summed E-state index contributed by atoms with van der Waals surface area (Å²) >= 11 is 0. The fourth-order valence-corrected chi connectivity index (χ4v) is 0.940. The van der Waals surface area contributed by atoms with Gasteiger partial charge in [-0.25, -0.2) is 4.39 Å². The Morgan fingerprint density at radius 1 is 1.64 bits per heavy atom. The van der Waals surface area contributed by atoms with Gasteiger partial charge in [0.05, 0.1) is 18.1 Å². The van der Waals surface area contributed by atoms with Gasteiger partial charge in [-0.2, -0.15) is 5.26 Å². The zero-order chi connectivity index (χ0) is 10.7. The Morgan fingerprint density at radius 2 is 2.29 bits per heavy atom. The first-order valence-corrected chi connectivity index (χ1v) is 3.52. The minimum atomic E-state index is -0.863. The van der Waals surface area contributed by atoms with E-state index in [9.17, 15) is 14.5 Å². The maximum Gasteiger partial charge on any atom is 0.290 e. The fourth-order valence-electron chi connectivity index (χ4n) is 0.940. The molecule has 0 atom stereocenters. The van der Waals surface area contributed by atoms with Crippen LogP contribution >= 0.6 is 0 Å². The van der Waals surface area contributed by atoms with Crippen molar-refractivity contribution in [3.8, 4) is 11.8 Å². The van der Waals surface area contributed by atoms with Crippen molar-refractivity contribution in [3.63, 3.8) is 0 Å². The van der Waals surface area contributed by atoms with E-state index in [-0.39, 0.29) is 11.3 Å². The van der Waals surface area contributed by atoms with Gasteiger partial charge in [0, 0.05) is 6.07 Å². The molecule has 0 spiro atoms. The number of halogens is 1. The number of benzene rings is 1. The summed E-state index contributed by atoms with van der Waals surface area (Å²) < 4.78 is 17.6. The summed E-state index contributed by atoms with van der Waals surface area (Å²) in [5.41, 5.74) is -0.793. The van der Waals surface area contributed by atoms with Crippen LogP contribution in [-0.4, -0.2) is 12.0 Å². The summed E-state index contributed by atoms with van der Waals surface area (Å²) in [6.45, 7) is 0. The molecule has 1 aromatic carbocycles. The first-order chi connectivity index (χ1) is 6.60. The largest absolute Gasteiger partial charge is 0.494 e. The molecular weight excluding hydrogens is 191 g/mol. The van der Waals surface area contributed by atoms with Crippen molar-refractivity contribution in [2.24, 2.45) is 0 Å². The molecule has 0 aliphatic carbocycles. The standard InChI is InChI=1S/C8H5FN2O3/c1-14-8-2-5(4-10)7(11(12)13)3-6(8)9/h2-3H,1H3. The zero-order valence-corrected chi connectivity index (χ0v) is 7.15. The van der Waals surface area contributed by atoms with E-state index in [1.807, 2.05) is 0 Å². The Hall–Kier alpha value is -2.16. The van der Waals surface area contributed by atoms with E-state index in [0.29, 0.717) is 6.07 Å². The van der Waals surface area contributed by atoms with Crippen LogP contribution in [0, 0.1) is 27.3 Å². The molecule has 0 aromatic heterocycles. The monoisotopic (exact) mass is 196 g/mol. The van der Waals surface area contributed by atoms with Gasteiger partial charge in [0.2, 0.25) is 0 Å². The van der Waals surface area contributed by atoms with Gasteiger partial charge >= 0.3 is 0 Å². The summed E-state index contributed by atoms with van der Waals surface area (Å²) in [6, 6.07) is 3.25. The maximum absolute atomic E-state index is 13.0. The summed E-state index contributed by atoms with van der Waals surface area (Å²) in [5, 5.41) is 18.9. The van der Waals surface area contributed by atoms with E-state index in [0.717, 1.165) is 6.07 Å². The molecule has 0 saturated heterocycles. The van der Waals surface area contributed by atoms with Gasteiger partial charge < -0.3 is 4.74 Å². The minimum Gasteiger partial charge on any atom is -0.494 e. The predicted octanol–water partition coefficient (Wildman–Crippen LogP) is 1.61. The van der Waals surface area contributed by atoms with Gasteiger partial charge in [-0.15, -0.1) is 0 Å². The fraction of sp³-hybridized carbons (Fsp3) is 0.125. The quantitative estimate of drug-likeness (QED) is 0.531. The molecule has 0 unspecified atom stereocenters. The van der Waals surface area contributed by atoms with Gasteiger partial charge in [0.25, 0.3) is 5.69 Å². The molecule has 1 aromatic rings. The normalized spacial score (nSPS) is 9.21. The van der Waals surface area contributed by atoms with Gasteiger partial charge in [-0.05, 0) is 0 Å². The highest BCUT2D eigenvalue weighted by atomic mass is 19.1. The smallest absolute Gasteiger partial charge is 0.290 e. The Balaban J connectivity index is 3.41. The molecule has 0 N–H and O–H groups in total. The van der Waals surface area contributed by atoms with Crippen molar-refractivity contribution in [2.75, 3.05) is 7.11 Å². The van der Waals surface area contributed by atoms with E-state index in [1.165, 1.54) is 7.11 Å². The highest BCUT2D eigenvalue weighted by molar-refractivity contribution is 5.52. The molecule has 0 bridgehead atoms. The second kappa shape index (κ2) is 3.70. The van der Waals surface area contributed by atoms with Crippen molar-refractivity contribution in [1.82, 2.24) is 0 Å². The van der Waals surface area contributed by atoms with Gasteiger partial charge in [0.15, 0.2) is 11.6 Å². The molecule has 5 nitrogen and oxygen atoms in total.